The van der Waals surface area contributed by atoms with Gasteiger partial charge in [-0.05, 0) is 53.0 Å². The lowest BCUT2D eigenvalue weighted by molar-refractivity contribution is 0.441. The topological polar surface area (TPSA) is 12.0 Å². The van der Waals surface area contributed by atoms with Crippen LogP contribution in [0.3, 0.4) is 0 Å². The molecule has 84 valence electrons. The molecule has 1 rings (SSSR count). The largest absolute Gasteiger partial charge is 0.320 e. The molecular formula is C12H17BrFN. The summed E-state index contributed by atoms with van der Waals surface area (Å²) in [5.74, 6) is -0.140. The highest BCUT2D eigenvalue weighted by Gasteiger charge is 2.24. The first-order valence-corrected chi connectivity index (χ1v) is 5.87. The van der Waals surface area contributed by atoms with Crippen molar-refractivity contribution in [3.8, 4) is 0 Å². The van der Waals surface area contributed by atoms with Crippen LogP contribution >= 0.6 is 15.9 Å². The van der Waals surface area contributed by atoms with Gasteiger partial charge >= 0.3 is 0 Å². The molecule has 0 aliphatic carbocycles. The normalized spacial score (nSPS) is 11.8. The Bertz CT molecular complexity index is 336. The molecule has 3 heteroatoms. The predicted octanol–water partition coefficient (Wildman–Crippen LogP) is 3.48. The van der Waals surface area contributed by atoms with Gasteiger partial charge < -0.3 is 5.32 Å². The van der Waals surface area contributed by atoms with Crippen molar-refractivity contribution in [2.75, 3.05) is 13.6 Å². The molecule has 0 bridgehead atoms. The van der Waals surface area contributed by atoms with Crippen LogP contribution in [0.2, 0.25) is 0 Å². The van der Waals surface area contributed by atoms with E-state index in [1.807, 2.05) is 19.2 Å². The molecule has 0 fully saturated rings. The lowest BCUT2D eigenvalue weighted by Crippen LogP contribution is -2.24. The summed E-state index contributed by atoms with van der Waals surface area (Å²) in [7, 11) is 1.91. The highest BCUT2D eigenvalue weighted by molar-refractivity contribution is 9.10. The number of halogens is 2. The van der Waals surface area contributed by atoms with Crippen LogP contribution in [-0.2, 0) is 5.41 Å². The van der Waals surface area contributed by atoms with Crippen molar-refractivity contribution in [2.24, 2.45) is 0 Å². The maximum atomic E-state index is 13.9. The highest BCUT2D eigenvalue weighted by Crippen LogP contribution is 2.31. The van der Waals surface area contributed by atoms with Crippen LogP contribution in [0, 0.1) is 5.82 Å². The Kier molecular flexibility index (Phi) is 4.29. The number of hydrogen-bond donors (Lipinski definition) is 1. The van der Waals surface area contributed by atoms with Gasteiger partial charge in [0.05, 0.1) is 4.47 Å². The zero-order chi connectivity index (χ0) is 11.5. The molecule has 15 heavy (non-hydrogen) atoms. The van der Waals surface area contributed by atoms with Crippen LogP contribution in [-0.4, -0.2) is 13.6 Å². The Labute approximate surface area is 99.2 Å². The lowest BCUT2D eigenvalue weighted by Gasteiger charge is -2.26. The zero-order valence-electron chi connectivity index (χ0n) is 9.40. The van der Waals surface area contributed by atoms with E-state index < -0.39 is 0 Å². The Morgan fingerprint density at radius 1 is 1.40 bits per heavy atom. The molecule has 1 aromatic rings. The van der Waals surface area contributed by atoms with Crippen molar-refractivity contribution < 1.29 is 4.39 Å². The van der Waals surface area contributed by atoms with E-state index in [9.17, 15) is 4.39 Å². The van der Waals surface area contributed by atoms with Crippen LogP contribution < -0.4 is 5.32 Å². The van der Waals surface area contributed by atoms with Gasteiger partial charge in [0.2, 0.25) is 0 Å². The van der Waals surface area contributed by atoms with Gasteiger partial charge in [0.1, 0.15) is 5.82 Å². The van der Waals surface area contributed by atoms with Crippen molar-refractivity contribution in [2.45, 2.75) is 25.7 Å². The average molecular weight is 274 g/mol. The maximum Gasteiger partial charge on any atom is 0.141 e. The summed E-state index contributed by atoms with van der Waals surface area (Å²) in [4.78, 5) is 0. The van der Waals surface area contributed by atoms with E-state index in [1.165, 1.54) is 0 Å². The van der Waals surface area contributed by atoms with Crippen LogP contribution in [0.15, 0.2) is 22.7 Å². The van der Waals surface area contributed by atoms with E-state index in [0.717, 1.165) is 18.5 Å². The second-order valence-electron chi connectivity index (χ2n) is 4.34. The molecule has 0 amide bonds. The first kappa shape index (κ1) is 12.7. The van der Waals surface area contributed by atoms with Crippen molar-refractivity contribution in [1.82, 2.24) is 5.32 Å². The van der Waals surface area contributed by atoms with Gasteiger partial charge in [0, 0.05) is 0 Å². The van der Waals surface area contributed by atoms with Crippen molar-refractivity contribution in [3.05, 3.63) is 34.1 Å². The van der Waals surface area contributed by atoms with Gasteiger partial charge in [0.25, 0.3) is 0 Å². The van der Waals surface area contributed by atoms with Gasteiger partial charge in [-0.3, -0.25) is 0 Å². The van der Waals surface area contributed by atoms with Gasteiger partial charge in [0.15, 0.2) is 0 Å². The Morgan fingerprint density at radius 2 is 2.07 bits per heavy atom. The summed E-state index contributed by atoms with van der Waals surface area (Å²) in [6, 6.07) is 5.46. The van der Waals surface area contributed by atoms with Crippen LogP contribution in [0.25, 0.3) is 0 Å². The van der Waals surface area contributed by atoms with Crippen molar-refractivity contribution >= 4 is 15.9 Å². The number of nitrogens with one attached hydrogen (secondary N) is 1. The second kappa shape index (κ2) is 5.08. The Hall–Kier alpha value is -0.410. The molecule has 0 heterocycles. The fourth-order valence-corrected chi connectivity index (χ4v) is 1.96. The van der Waals surface area contributed by atoms with Gasteiger partial charge in [-0.25, -0.2) is 4.39 Å². The van der Waals surface area contributed by atoms with E-state index in [2.05, 4.69) is 35.1 Å². The number of benzene rings is 1. The molecule has 0 unspecified atom stereocenters. The monoisotopic (exact) mass is 273 g/mol. The standard InChI is InChI=1S/C12H17BrFN/c1-12(2,7-8-15-3)9-5-4-6-10(13)11(9)14/h4-6,15H,7-8H2,1-3H3. The first-order chi connectivity index (χ1) is 6.99. The molecule has 1 N–H and O–H groups in total. The smallest absolute Gasteiger partial charge is 0.141 e. The van der Waals surface area contributed by atoms with E-state index in [4.69, 9.17) is 0 Å². The van der Waals surface area contributed by atoms with Crippen molar-refractivity contribution in [1.29, 1.82) is 0 Å². The van der Waals surface area contributed by atoms with Gasteiger partial charge in [-0.2, -0.15) is 0 Å². The minimum Gasteiger partial charge on any atom is -0.320 e. The molecular weight excluding hydrogens is 257 g/mol. The number of hydrogen-bond acceptors (Lipinski definition) is 1. The highest BCUT2D eigenvalue weighted by atomic mass is 79.9. The van der Waals surface area contributed by atoms with Crippen LogP contribution in [0.5, 0.6) is 0 Å². The Morgan fingerprint density at radius 3 is 2.67 bits per heavy atom. The molecule has 0 saturated carbocycles. The fourth-order valence-electron chi connectivity index (χ4n) is 1.60. The van der Waals surface area contributed by atoms with E-state index in [-0.39, 0.29) is 11.2 Å². The third-order valence-corrected chi connectivity index (χ3v) is 3.29. The maximum absolute atomic E-state index is 13.9. The minimum absolute atomic E-state index is 0.140. The molecule has 0 aromatic heterocycles. The zero-order valence-corrected chi connectivity index (χ0v) is 11.0. The summed E-state index contributed by atoms with van der Waals surface area (Å²) >= 11 is 3.22. The molecule has 0 radical (unpaired) electrons. The first-order valence-electron chi connectivity index (χ1n) is 5.08. The summed E-state index contributed by atoms with van der Waals surface area (Å²) in [5.41, 5.74) is 0.628. The molecule has 1 aromatic carbocycles. The van der Waals surface area contributed by atoms with Gasteiger partial charge in [-0.1, -0.05) is 26.0 Å². The van der Waals surface area contributed by atoms with Crippen molar-refractivity contribution in [3.63, 3.8) is 0 Å². The lowest BCUT2D eigenvalue weighted by atomic mass is 9.81. The number of rotatable bonds is 4. The quantitative estimate of drug-likeness (QED) is 0.886. The average Bonchev–Trinajstić information content (AvgIpc) is 2.19. The molecule has 0 aliphatic rings. The summed E-state index contributed by atoms with van der Waals surface area (Å²) in [5, 5.41) is 3.09. The predicted molar refractivity (Wildman–Crippen MR) is 65.7 cm³/mol. The second-order valence-corrected chi connectivity index (χ2v) is 5.19. The minimum atomic E-state index is -0.142. The summed E-state index contributed by atoms with van der Waals surface area (Å²) < 4.78 is 14.4. The Balaban J connectivity index is 2.98. The van der Waals surface area contributed by atoms with Crippen LogP contribution in [0.1, 0.15) is 25.8 Å². The SMILES string of the molecule is CNCCC(C)(C)c1cccc(Br)c1F. The molecule has 1 nitrogen and oxygen atoms in total. The van der Waals surface area contributed by atoms with Gasteiger partial charge in [-0.15, -0.1) is 0 Å². The summed E-state index contributed by atoms with van der Waals surface area (Å²) in [6.07, 6.45) is 0.914. The van der Waals surface area contributed by atoms with E-state index in [0.29, 0.717) is 4.47 Å². The fraction of sp³-hybridized carbons (Fsp3) is 0.500. The van der Waals surface area contributed by atoms with E-state index in [1.54, 1.807) is 6.07 Å². The third kappa shape index (κ3) is 3.02. The van der Waals surface area contributed by atoms with Crippen LogP contribution in [0.4, 0.5) is 4.39 Å². The third-order valence-electron chi connectivity index (χ3n) is 2.68. The summed E-state index contributed by atoms with van der Waals surface area (Å²) in [6.45, 7) is 5.02. The molecule has 0 aliphatic heterocycles. The molecule has 0 spiro atoms. The molecule has 0 saturated heterocycles. The molecule has 0 atom stereocenters. The van der Waals surface area contributed by atoms with E-state index >= 15 is 0 Å².